The lowest BCUT2D eigenvalue weighted by molar-refractivity contribution is -0.314. The zero-order valence-corrected chi connectivity index (χ0v) is 17.6. The summed E-state index contributed by atoms with van der Waals surface area (Å²) in [6, 6.07) is 5.95. The lowest BCUT2D eigenvalue weighted by atomic mass is 9.64. The fourth-order valence-electron chi connectivity index (χ4n) is 4.13. The molecule has 2 aliphatic rings. The third-order valence-electron chi connectivity index (χ3n) is 6.43. The smallest absolute Gasteiger partial charge is 0.362 e. The average molecular weight is 461 g/mol. The molecule has 0 saturated heterocycles. The number of carbonyl (C=O) groups excluding carboxylic acids is 1. The van der Waals surface area contributed by atoms with Crippen LogP contribution in [0.2, 0.25) is 0 Å². The van der Waals surface area contributed by atoms with Crippen LogP contribution in [0.1, 0.15) is 56.8 Å². The highest BCUT2D eigenvalue weighted by atomic mass is 79.9. The molecule has 0 unspecified atom stereocenters. The lowest BCUT2D eigenvalue weighted by Gasteiger charge is -2.43. The van der Waals surface area contributed by atoms with Gasteiger partial charge >= 0.3 is 6.18 Å². The summed E-state index contributed by atoms with van der Waals surface area (Å²) in [5, 5.41) is 15.1. The molecule has 1 saturated carbocycles. The molecule has 3 rings (SSSR count). The molecule has 154 valence electrons. The summed E-state index contributed by atoms with van der Waals surface area (Å²) in [5.41, 5.74) is -3.18. The number of benzene rings is 1. The number of alkyl halides is 3. The predicted octanol–water partition coefficient (Wildman–Crippen LogP) is 5.36. The Morgan fingerprint density at radius 2 is 1.93 bits per heavy atom. The van der Waals surface area contributed by atoms with E-state index in [0.717, 1.165) is 6.42 Å². The first kappa shape index (κ1) is 21.3. The van der Waals surface area contributed by atoms with Gasteiger partial charge in [0.25, 0.3) is 11.6 Å². The molecule has 1 N–H and O–H groups in total. The van der Waals surface area contributed by atoms with Gasteiger partial charge < -0.3 is 5.11 Å². The molecule has 1 aliphatic heterocycles. The van der Waals surface area contributed by atoms with Crippen molar-refractivity contribution in [1.82, 2.24) is 5.01 Å². The molecular formula is C20H24BrF3N2O2. The minimum atomic E-state index is -5.02. The number of halogens is 4. The van der Waals surface area contributed by atoms with Crippen LogP contribution in [0.3, 0.4) is 0 Å². The molecule has 0 spiro atoms. The van der Waals surface area contributed by atoms with Crippen molar-refractivity contribution in [2.24, 2.45) is 22.4 Å². The number of amides is 1. The first-order valence-electron chi connectivity index (χ1n) is 9.38. The van der Waals surface area contributed by atoms with E-state index in [9.17, 15) is 23.1 Å². The number of aliphatic hydroxyl groups is 1. The van der Waals surface area contributed by atoms with Gasteiger partial charge in [-0.15, -0.1) is 0 Å². The fourth-order valence-corrected chi connectivity index (χ4v) is 4.40. The molecule has 4 nitrogen and oxygen atoms in total. The molecule has 0 aromatic heterocycles. The highest BCUT2D eigenvalue weighted by molar-refractivity contribution is 9.10. The van der Waals surface area contributed by atoms with Crippen LogP contribution in [0, 0.1) is 17.3 Å². The van der Waals surface area contributed by atoms with Crippen molar-refractivity contribution >= 4 is 27.5 Å². The summed E-state index contributed by atoms with van der Waals surface area (Å²) in [7, 11) is 0. The van der Waals surface area contributed by atoms with Crippen molar-refractivity contribution in [2.45, 2.75) is 58.4 Å². The minimum Gasteiger partial charge on any atom is -0.362 e. The van der Waals surface area contributed by atoms with Gasteiger partial charge in [0, 0.05) is 15.7 Å². The van der Waals surface area contributed by atoms with Gasteiger partial charge in [-0.2, -0.15) is 23.3 Å². The Hall–Kier alpha value is -1.41. The van der Waals surface area contributed by atoms with E-state index in [2.05, 4.69) is 21.0 Å². The van der Waals surface area contributed by atoms with Crippen LogP contribution in [0.15, 0.2) is 33.8 Å². The van der Waals surface area contributed by atoms with Crippen LogP contribution in [0.5, 0.6) is 0 Å². The summed E-state index contributed by atoms with van der Waals surface area (Å²) in [6.45, 7) is 6.08. The number of nitrogens with zero attached hydrogens (tertiary/aromatic N) is 2. The van der Waals surface area contributed by atoms with Gasteiger partial charge in [-0.25, -0.2) is 0 Å². The Bertz CT molecular complexity index is 792. The van der Waals surface area contributed by atoms with E-state index in [4.69, 9.17) is 0 Å². The van der Waals surface area contributed by atoms with E-state index in [1.165, 1.54) is 12.1 Å². The molecule has 0 bridgehead atoms. The van der Waals surface area contributed by atoms with E-state index in [1.54, 1.807) is 12.1 Å². The van der Waals surface area contributed by atoms with Crippen molar-refractivity contribution in [3.63, 3.8) is 0 Å². The topological polar surface area (TPSA) is 52.9 Å². The molecule has 3 atom stereocenters. The van der Waals surface area contributed by atoms with Crippen molar-refractivity contribution < 1.29 is 23.1 Å². The van der Waals surface area contributed by atoms with Crippen molar-refractivity contribution in [3.05, 3.63) is 34.3 Å². The van der Waals surface area contributed by atoms with Gasteiger partial charge in [0.05, 0.1) is 5.92 Å². The highest BCUT2D eigenvalue weighted by Gasteiger charge is 2.69. The largest absolute Gasteiger partial charge is 0.439 e. The SMILES string of the molecule is CCC(C)(C)[C@@H]1CCC2=NN(C(=O)c3ccc(Br)cc3)[C@](O)(C(F)(F)F)[C@H]2C1. The quantitative estimate of drug-likeness (QED) is 0.659. The van der Waals surface area contributed by atoms with Crippen molar-refractivity contribution in [1.29, 1.82) is 0 Å². The summed E-state index contributed by atoms with van der Waals surface area (Å²) in [5.74, 6) is -2.19. The number of hydrazone groups is 1. The number of carbonyl (C=O) groups is 1. The van der Waals surface area contributed by atoms with Gasteiger partial charge in [0.1, 0.15) is 0 Å². The van der Waals surface area contributed by atoms with Crippen LogP contribution in [-0.2, 0) is 0 Å². The van der Waals surface area contributed by atoms with E-state index < -0.39 is 23.7 Å². The molecule has 1 aromatic rings. The molecule has 1 aromatic carbocycles. The van der Waals surface area contributed by atoms with Gasteiger partial charge in [-0.05, 0) is 54.9 Å². The Morgan fingerprint density at radius 3 is 2.46 bits per heavy atom. The Morgan fingerprint density at radius 1 is 1.32 bits per heavy atom. The average Bonchev–Trinajstić information content (AvgIpc) is 2.95. The molecular weight excluding hydrogens is 437 g/mol. The van der Waals surface area contributed by atoms with Crippen molar-refractivity contribution in [2.75, 3.05) is 0 Å². The number of hydrogen-bond donors (Lipinski definition) is 1. The summed E-state index contributed by atoms with van der Waals surface area (Å²) < 4.78 is 43.0. The van der Waals surface area contributed by atoms with Crippen molar-refractivity contribution in [3.8, 4) is 0 Å². The predicted molar refractivity (Wildman–Crippen MR) is 104 cm³/mol. The zero-order chi connectivity index (χ0) is 20.9. The zero-order valence-electron chi connectivity index (χ0n) is 16.1. The second kappa shape index (κ2) is 7.13. The van der Waals surface area contributed by atoms with Gasteiger partial charge in [-0.3, -0.25) is 4.79 Å². The first-order chi connectivity index (χ1) is 12.9. The minimum absolute atomic E-state index is 0.0121. The van der Waals surface area contributed by atoms with Gasteiger partial charge in [0.15, 0.2) is 0 Å². The lowest BCUT2D eigenvalue weighted by Crippen LogP contribution is -2.62. The second-order valence-electron chi connectivity index (χ2n) is 8.31. The molecule has 8 heteroatoms. The molecule has 28 heavy (non-hydrogen) atoms. The van der Waals surface area contributed by atoms with Gasteiger partial charge in [0.2, 0.25) is 0 Å². The van der Waals surface area contributed by atoms with Crippen LogP contribution < -0.4 is 0 Å². The normalized spacial score (nSPS) is 28.1. The maximum atomic E-state index is 14.1. The summed E-state index contributed by atoms with van der Waals surface area (Å²) >= 11 is 3.23. The summed E-state index contributed by atoms with van der Waals surface area (Å²) in [6.07, 6.45) is -3.00. The van der Waals surface area contributed by atoms with Crippen LogP contribution in [0.25, 0.3) is 0 Å². The summed E-state index contributed by atoms with van der Waals surface area (Å²) in [4.78, 5) is 12.8. The standard InChI is InChI=1S/C20H24BrF3N2O2/c1-4-18(2,3)13-7-10-16-15(11-13)19(28,20(22,23)24)26(25-16)17(27)12-5-8-14(21)9-6-12/h5-6,8-9,13,15,28H,4,7,10-11H2,1-3H3/t13-,15+,19-/m1/s1. The molecule has 1 fully saturated rings. The Balaban J connectivity index is 2.00. The van der Waals surface area contributed by atoms with Crippen LogP contribution in [-0.4, -0.2) is 33.6 Å². The number of hydrogen-bond acceptors (Lipinski definition) is 3. The molecule has 1 aliphatic carbocycles. The van der Waals surface area contributed by atoms with Gasteiger partial charge in [-0.1, -0.05) is 43.1 Å². The first-order valence-corrected chi connectivity index (χ1v) is 10.2. The molecule has 0 radical (unpaired) electrons. The monoisotopic (exact) mass is 460 g/mol. The second-order valence-corrected chi connectivity index (χ2v) is 9.22. The Labute approximate surface area is 170 Å². The fraction of sp³-hybridized carbons (Fsp3) is 0.600. The highest BCUT2D eigenvalue weighted by Crippen LogP contribution is 2.52. The maximum absolute atomic E-state index is 14.1. The molecule has 1 amide bonds. The maximum Gasteiger partial charge on any atom is 0.439 e. The Kier molecular flexibility index (Phi) is 5.42. The number of fused-ring (bicyclic) bond motifs is 1. The van der Waals surface area contributed by atoms with E-state index in [0.29, 0.717) is 17.3 Å². The van der Waals surface area contributed by atoms with E-state index >= 15 is 0 Å². The number of rotatable bonds is 3. The van der Waals surface area contributed by atoms with E-state index in [-0.39, 0.29) is 34.0 Å². The van der Waals surface area contributed by atoms with E-state index in [1.807, 2.05) is 20.8 Å². The van der Waals surface area contributed by atoms with Crippen LogP contribution >= 0.6 is 15.9 Å². The third-order valence-corrected chi connectivity index (χ3v) is 6.95. The molecule has 1 heterocycles. The third kappa shape index (κ3) is 3.38. The van der Waals surface area contributed by atoms with Crippen LogP contribution in [0.4, 0.5) is 13.2 Å².